The minimum atomic E-state index is 0.808. The average molecular weight is 213 g/mol. The van der Waals surface area contributed by atoms with E-state index in [1.165, 1.54) is 32.4 Å². The van der Waals surface area contributed by atoms with Gasteiger partial charge in [0.15, 0.2) is 0 Å². The molecule has 0 saturated heterocycles. The summed E-state index contributed by atoms with van der Waals surface area (Å²) in [7, 11) is 0. The predicted octanol–water partition coefficient (Wildman–Crippen LogP) is 4.39. The molecule has 1 rings (SSSR count). The first-order valence-corrected chi connectivity index (χ1v) is 6.65. The zero-order valence-corrected chi connectivity index (χ0v) is 11.7. The van der Waals surface area contributed by atoms with E-state index < -0.39 is 0 Å². The van der Waals surface area contributed by atoms with Gasteiger partial charge in [-0.25, -0.2) is 0 Å². The highest BCUT2D eigenvalue weighted by Crippen LogP contribution is 2.10. The van der Waals surface area contributed by atoms with Crippen LogP contribution in [0.1, 0.15) is 60.8 Å². The Morgan fingerprint density at radius 1 is 1.20 bits per heavy atom. The summed E-state index contributed by atoms with van der Waals surface area (Å²) in [5.41, 5.74) is 1.57. The minimum Gasteiger partial charge on any atom is -0.316 e. The van der Waals surface area contributed by atoms with Gasteiger partial charge in [0.1, 0.15) is 0 Å². The maximum Gasteiger partial charge on any atom is -0.00202 e. The molecule has 1 heterocycles. The molecular formula is C14H31N. The molecule has 1 unspecified atom stereocenters. The summed E-state index contributed by atoms with van der Waals surface area (Å²) in [5, 5.41) is 3.46. The summed E-state index contributed by atoms with van der Waals surface area (Å²) in [6.45, 7) is 14.9. The van der Waals surface area contributed by atoms with E-state index in [4.69, 9.17) is 0 Å². The van der Waals surface area contributed by atoms with Gasteiger partial charge in [-0.1, -0.05) is 46.3 Å². The van der Waals surface area contributed by atoms with E-state index >= 15 is 0 Å². The Morgan fingerprint density at radius 2 is 1.80 bits per heavy atom. The van der Waals surface area contributed by atoms with Crippen molar-refractivity contribution in [3.63, 3.8) is 0 Å². The van der Waals surface area contributed by atoms with Crippen LogP contribution in [-0.2, 0) is 0 Å². The molecule has 0 fully saturated rings. The van der Waals surface area contributed by atoms with E-state index in [0.717, 1.165) is 5.92 Å². The van der Waals surface area contributed by atoms with Crippen molar-refractivity contribution in [3.8, 4) is 0 Å². The molecule has 0 spiro atoms. The molecule has 0 amide bonds. The molecule has 1 aliphatic rings. The molecule has 0 radical (unpaired) electrons. The number of nitrogens with one attached hydrogen (secondary N) is 1. The minimum absolute atomic E-state index is 0.808. The molecule has 1 N–H and O–H groups in total. The van der Waals surface area contributed by atoms with Gasteiger partial charge in [-0.05, 0) is 45.2 Å². The fourth-order valence-electron chi connectivity index (χ4n) is 1.43. The topological polar surface area (TPSA) is 12.0 Å². The highest BCUT2D eigenvalue weighted by atomic mass is 14.8. The first kappa shape index (κ1) is 17.1. The summed E-state index contributed by atoms with van der Waals surface area (Å²) >= 11 is 0. The Labute approximate surface area is 97.3 Å². The van der Waals surface area contributed by atoms with Crippen LogP contribution in [0.25, 0.3) is 0 Å². The fraction of sp³-hybridized carbons (Fsp3) is 0.857. The van der Waals surface area contributed by atoms with Gasteiger partial charge in [0, 0.05) is 0 Å². The van der Waals surface area contributed by atoms with Crippen LogP contribution in [0.2, 0.25) is 0 Å². The summed E-state index contributed by atoms with van der Waals surface area (Å²) in [6, 6.07) is 0. The molecule has 0 saturated carbocycles. The van der Waals surface area contributed by atoms with Crippen molar-refractivity contribution in [1.82, 2.24) is 5.32 Å². The van der Waals surface area contributed by atoms with Crippen molar-refractivity contribution in [2.24, 2.45) is 5.92 Å². The Balaban J connectivity index is 0. The summed E-state index contributed by atoms with van der Waals surface area (Å²) in [4.78, 5) is 0. The van der Waals surface area contributed by atoms with Crippen molar-refractivity contribution in [1.29, 1.82) is 0 Å². The maximum atomic E-state index is 3.46. The van der Waals surface area contributed by atoms with Crippen molar-refractivity contribution >= 4 is 0 Å². The standard InChI is InChI=1S/C10H19N.2C2H6/c1-9-4-3-7-11-8-10(2)6-5-9;2*1-2/h5,10-11H,3-4,6-8H2,1-2H3;2*1-2H3/b9-5-;;. The molecular weight excluding hydrogens is 182 g/mol. The largest absolute Gasteiger partial charge is 0.316 e. The third-order valence-corrected chi connectivity index (χ3v) is 2.29. The lowest BCUT2D eigenvalue weighted by Crippen LogP contribution is -2.21. The highest BCUT2D eigenvalue weighted by molar-refractivity contribution is 4.99. The van der Waals surface area contributed by atoms with E-state index in [9.17, 15) is 0 Å². The van der Waals surface area contributed by atoms with Crippen molar-refractivity contribution in [2.45, 2.75) is 60.8 Å². The Hall–Kier alpha value is -0.300. The predicted molar refractivity (Wildman–Crippen MR) is 72.3 cm³/mol. The van der Waals surface area contributed by atoms with Crippen LogP contribution in [0, 0.1) is 5.92 Å². The van der Waals surface area contributed by atoms with Crippen LogP contribution < -0.4 is 5.32 Å². The van der Waals surface area contributed by atoms with Crippen molar-refractivity contribution < 1.29 is 0 Å². The zero-order valence-electron chi connectivity index (χ0n) is 11.7. The second kappa shape index (κ2) is 13.7. The maximum absolute atomic E-state index is 3.46. The van der Waals surface area contributed by atoms with Gasteiger partial charge < -0.3 is 5.32 Å². The molecule has 0 aliphatic carbocycles. The van der Waals surface area contributed by atoms with Crippen molar-refractivity contribution in [3.05, 3.63) is 11.6 Å². The highest BCUT2D eigenvalue weighted by Gasteiger charge is 2.02. The van der Waals surface area contributed by atoms with Crippen LogP contribution in [-0.4, -0.2) is 13.1 Å². The second-order valence-electron chi connectivity index (χ2n) is 3.70. The molecule has 1 atom stereocenters. The first-order valence-electron chi connectivity index (χ1n) is 6.65. The summed E-state index contributed by atoms with van der Waals surface area (Å²) < 4.78 is 0. The normalized spacial score (nSPS) is 24.9. The average Bonchev–Trinajstić information content (AvgIpc) is 2.39. The van der Waals surface area contributed by atoms with Crippen molar-refractivity contribution in [2.75, 3.05) is 13.1 Å². The first-order chi connectivity index (χ1) is 7.29. The molecule has 92 valence electrons. The molecule has 0 aromatic carbocycles. The molecule has 1 nitrogen and oxygen atoms in total. The number of allylic oxidation sites excluding steroid dienone is 2. The van der Waals surface area contributed by atoms with Crippen LogP contribution in [0.15, 0.2) is 11.6 Å². The number of hydrogen-bond donors (Lipinski definition) is 1. The third-order valence-electron chi connectivity index (χ3n) is 2.29. The Morgan fingerprint density at radius 3 is 2.40 bits per heavy atom. The molecule has 0 aromatic rings. The fourth-order valence-corrected chi connectivity index (χ4v) is 1.43. The Bertz CT molecular complexity index is 138. The van der Waals surface area contributed by atoms with E-state index in [2.05, 4.69) is 25.2 Å². The zero-order chi connectivity index (χ0) is 12.1. The van der Waals surface area contributed by atoms with Crippen LogP contribution in [0.5, 0.6) is 0 Å². The summed E-state index contributed by atoms with van der Waals surface area (Å²) in [5.74, 6) is 0.808. The van der Waals surface area contributed by atoms with E-state index in [1.54, 1.807) is 5.57 Å². The molecule has 15 heavy (non-hydrogen) atoms. The van der Waals surface area contributed by atoms with Crippen LogP contribution in [0.4, 0.5) is 0 Å². The van der Waals surface area contributed by atoms with Gasteiger partial charge in [0.05, 0.1) is 0 Å². The number of rotatable bonds is 0. The molecule has 0 bridgehead atoms. The monoisotopic (exact) mass is 213 g/mol. The van der Waals surface area contributed by atoms with Gasteiger partial charge in [-0.15, -0.1) is 0 Å². The van der Waals surface area contributed by atoms with Crippen LogP contribution in [0.3, 0.4) is 0 Å². The third kappa shape index (κ3) is 11.6. The SMILES string of the molecule is C/C1=C/CC(C)CNCCC1.CC.CC. The van der Waals surface area contributed by atoms with E-state index in [-0.39, 0.29) is 0 Å². The summed E-state index contributed by atoms with van der Waals surface area (Å²) in [6.07, 6.45) is 6.23. The smallest absolute Gasteiger partial charge is 0.00202 e. The molecule has 1 heteroatoms. The Kier molecular flexibility index (Phi) is 15.6. The van der Waals surface area contributed by atoms with Gasteiger partial charge in [0.2, 0.25) is 0 Å². The lowest BCUT2D eigenvalue weighted by atomic mass is 10.1. The molecule has 0 aromatic heterocycles. The molecule has 1 aliphatic heterocycles. The lowest BCUT2D eigenvalue weighted by molar-refractivity contribution is 0.520. The lowest BCUT2D eigenvalue weighted by Gasteiger charge is -2.07. The van der Waals surface area contributed by atoms with Gasteiger partial charge in [0.25, 0.3) is 0 Å². The van der Waals surface area contributed by atoms with Gasteiger partial charge in [-0.2, -0.15) is 0 Å². The quantitative estimate of drug-likeness (QED) is 0.588. The number of hydrogen-bond acceptors (Lipinski definition) is 1. The van der Waals surface area contributed by atoms with Crippen LogP contribution >= 0.6 is 0 Å². The van der Waals surface area contributed by atoms with E-state index in [1.807, 2.05) is 27.7 Å². The second-order valence-corrected chi connectivity index (χ2v) is 3.70. The van der Waals surface area contributed by atoms with Gasteiger partial charge >= 0.3 is 0 Å². The van der Waals surface area contributed by atoms with E-state index in [0.29, 0.717) is 0 Å². The van der Waals surface area contributed by atoms with Gasteiger partial charge in [-0.3, -0.25) is 0 Å².